The van der Waals surface area contributed by atoms with Crippen molar-refractivity contribution < 1.29 is 14.3 Å². The number of hydrogen-bond donors (Lipinski definition) is 2. The van der Waals surface area contributed by atoms with Crippen LogP contribution in [0.2, 0.25) is 0 Å². The number of nitrogens with one attached hydrogen (secondary N) is 2. The number of ether oxygens (including phenoxy) is 2. The maximum absolute atomic E-state index is 12.8. The lowest BCUT2D eigenvalue weighted by Crippen LogP contribution is -2.47. The van der Waals surface area contributed by atoms with Crippen molar-refractivity contribution in [1.82, 2.24) is 10.6 Å². The molecule has 1 atom stereocenters. The highest BCUT2D eigenvalue weighted by molar-refractivity contribution is 5.88. The minimum absolute atomic E-state index is 0. The maximum Gasteiger partial charge on any atom is 0.227 e. The Labute approximate surface area is 173 Å². The van der Waals surface area contributed by atoms with E-state index < -0.39 is 0 Å². The fourth-order valence-corrected chi connectivity index (χ4v) is 3.85. The van der Waals surface area contributed by atoms with Crippen molar-refractivity contribution in [2.75, 3.05) is 40.5 Å². The molecular formula is C22H31ClN2O3. The molecule has 1 aliphatic rings. The lowest BCUT2D eigenvalue weighted by molar-refractivity contribution is -0.123. The normalized spacial score (nSPS) is 16.8. The minimum Gasteiger partial charge on any atom is -0.497 e. The van der Waals surface area contributed by atoms with Gasteiger partial charge in [0.2, 0.25) is 5.91 Å². The molecule has 6 heteroatoms. The molecule has 0 aromatic heterocycles. The van der Waals surface area contributed by atoms with Crippen LogP contribution in [0.1, 0.15) is 31.2 Å². The topological polar surface area (TPSA) is 59.6 Å². The van der Waals surface area contributed by atoms with E-state index in [1.807, 2.05) is 31.2 Å². The summed E-state index contributed by atoms with van der Waals surface area (Å²) in [4.78, 5) is 12.8. The lowest BCUT2D eigenvalue weighted by atomic mass is 9.79. The molecule has 1 heterocycles. The molecule has 1 unspecified atom stereocenters. The lowest BCUT2D eigenvalue weighted by Gasteiger charge is -2.37. The van der Waals surface area contributed by atoms with Crippen LogP contribution in [-0.2, 0) is 9.53 Å². The van der Waals surface area contributed by atoms with E-state index in [0.717, 1.165) is 48.0 Å². The van der Waals surface area contributed by atoms with E-state index in [2.05, 4.69) is 22.8 Å². The molecule has 1 saturated heterocycles. The molecular weight excluding hydrogens is 376 g/mol. The molecule has 0 spiro atoms. The van der Waals surface area contributed by atoms with Crippen molar-refractivity contribution in [2.45, 2.75) is 25.7 Å². The van der Waals surface area contributed by atoms with Gasteiger partial charge in [-0.15, -0.1) is 12.4 Å². The zero-order valence-corrected chi connectivity index (χ0v) is 17.7. The van der Waals surface area contributed by atoms with Gasteiger partial charge in [-0.05, 0) is 61.3 Å². The van der Waals surface area contributed by atoms with Gasteiger partial charge in [0.05, 0.1) is 19.6 Å². The highest BCUT2D eigenvalue weighted by Crippen LogP contribution is 2.29. The van der Waals surface area contributed by atoms with Gasteiger partial charge in [-0.1, -0.05) is 24.3 Å². The van der Waals surface area contributed by atoms with E-state index in [1.54, 1.807) is 14.2 Å². The number of carbonyl (C=O) groups is 1. The Morgan fingerprint density at radius 2 is 1.82 bits per heavy atom. The van der Waals surface area contributed by atoms with Gasteiger partial charge in [-0.25, -0.2) is 0 Å². The summed E-state index contributed by atoms with van der Waals surface area (Å²) in [5.41, 5.74) is 1.06. The van der Waals surface area contributed by atoms with Crippen molar-refractivity contribution in [3.63, 3.8) is 0 Å². The van der Waals surface area contributed by atoms with Crippen LogP contribution in [0, 0.1) is 5.41 Å². The van der Waals surface area contributed by atoms with Crippen LogP contribution >= 0.6 is 12.4 Å². The molecule has 0 radical (unpaired) electrons. The van der Waals surface area contributed by atoms with Crippen molar-refractivity contribution in [2.24, 2.45) is 5.41 Å². The highest BCUT2D eigenvalue weighted by Gasteiger charge is 2.33. The van der Waals surface area contributed by atoms with Crippen LogP contribution in [-0.4, -0.2) is 46.4 Å². The fraction of sp³-hybridized carbons (Fsp3) is 0.500. The van der Waals surface area contributed by atoms with E-state index in [-0.39, 0.29) is 29.6 Å². The van der Waals surface area contributed by atoms with E-state index in [9.17, 15) is 4.79 Å². The molecule has 2 N–H and O–H groups in total. The third-order valence-corrected chi connectivity index (χ3v) is 5.72. The second-order valence-corrected chi connectivity index (χ2v) is 7.60. The number of fused-ring (bicyclic) bond motifs is 1. The summed E-state index contributed by atoms with van der Waals surface area (Å²) >= 11 is 0. The quantitative estimate of drug-likeness (QED) is 0.738. The summed E-state index contributed by atoms with van der Waals surface area (Å²) < 4.78 is 10.7. The van der Waals surface area contributed by atoms with Crippen molar-refractivity contribution in [1.29, 1.82) is 0 Å². The first-order valence-electron chi connectivity index (χ1n) is 9.62. The van der Waals surface area contributed by atoms with Crippen LogP contribution in [0.3, 0.4) is 0 Å². The fourth-order valence-electron chi connectivity index (χ4n) is 3.85. The smallest absolute Gasteiger partial charge is 0.227 e. The molecule has 2 aromatic rings. The van der Waals surface area contributed by atoms with Gasteiger partial charge >= 0.3 is 0 Å². The number of methoxy groups -OCH3 is 2. The van der Waals surface area contributed by atoms with E-state index in [4.69, 9.17) is 9.47 Å². The molecule has 1 aliphatic heterocycles. The highest BCUT2D eigenvalue weighted by atomic mass is 35.5. The molecule has 5 nitrogen and oxygen atoms in total. The Balaban J connectivity index is 0.00000280. The summed E-state index contributed by atoms with van der Waals surface area (Å²) in [6.07, 6.45) is 2.04. The largest absolute Gasteiger partial charge is 0.497 e. The second kappa shape index (κ2) is 10.1. The molecule has 0 bridgehead atoms. The molecule has 28 heavy (non-hydrogen) atoms. The molecule has 1 fully saturated rings. The van der Waals surface area contributed by atoms with Crippen molar-refractivity contribution >= 4 is 29.1 Å². The van der Waals surface area contributed by atoms with Gasteiger partial charge in [0.1, 0.15) is 5.75 Å². The standard InChI is InChI=1S/C22H30N2O3.ClH/c1-16(17-4-5-19-13-20(27-3)7-6-18(19)12-17)21(25)24-14-22(15-26-2)8-10-23-11-9-22;/h4-7,12-13,16,23H,8-11,14-15H2,1-3H3,(H,24,25);1H. The number of hydrogen-bond acceptors (Lipinski definition) is 4. The first-order chi connectivity index (χ1) is 13.1. The zero-order chi connectivity index (χ0) is 19.3. The van der Waals surface area contributed by atoms with Crippen molar-refractivity contribution in [3.8, 4) is 5.75 Å². The first-order valence-corrected chi connectivity index (χ1v) is 9.62. The molecule has 3 rings (SSSR count). The zero-order valence-electron chi connectivity index (χ0n) is 16.9. The third-order valence-electron chi connectivity index (χ3n) is 5.72. The monoisotopic (exact) mass is 406 g/mol. The summed E-state index contributed by atoms with van der Waals surface area (Å²) in [6.45, 7) is 5.26. The molecule has 1 amide bonds. The number of piperidine rings is 1. The van der Waals surface area contributed by atoms with Gasteiger partial charge in [0.25, 0.3) is 0 Å². The van der Waals surface area contributed by atoms with E-state index in [1.165, 1.54) is 0 Å². The molecule has 154 valence electrons. The minimum atomic E-state index is -0.196. The van der Waals surface area contributed by atoms with Gasteiger partial charge in [0.15, 0.2) is 0 Å². The second-order valence-electron chi connectivity index (χ2n) is 7.60. The predicted molar refractivity (Wildman–Crippen MR) is 116 cm³/mol. The number of rotatable bonds is 7. The van der Waals surface area contributed by atoms with Crippen LogP contribution in [0.25, 0.3) is 10.8 Å². The average molecular weight is 407 g/mol. The predicted octanol–water partition coefficient (Wildman–Crippen LogP) is 3.51. The SMILES string of the molecule is COCC1(CNC(=O)C(C)c2ccc3cc(OC)ccc3c2)CCNCC1.Cl. The van der Waals surface area contributed by atoms with Gasteiger partial charge in [-0.3, -0.25) is 4.79 Å². The average Bonchev–Trinajstić information content (AvgIpc) is 2.71. The Kier molecular flexibility index (Phi) is 8.10. The first kappa shape index (κ1) is 22.5. The molecule has 0 aliphatic carbocycles. The van der Waals surface area contributed by atoms with E-state index in [0.29, 0.717) is 13.2 Å². The van der Waals surface area contributed by atoms with Gasteiger partial charge in [0, 0.05) is 19.1 Å². The summed E-state index contributed by atoms with van der Waals surface area (Å²) in [5.74, 6) is 0.709. The number of halogens is 1. The number of benzene rings is 2. The van der Waals surface area contributed by atoms with Crippen molar-refractivity contribution in [3.05, 3.63) is 42.0 Å². The Morgan fingerprint density at radius 3 is 2.50 bits per heavy atom. The van der Waals surface area contributed by atoms with Crippen LogP contribution in [0.5, 0.6) is 5.75 Å². The Hall–Kier alpha value is -1.82. The number of amides is 1. The van der Waals surface area contributed by atoms with E-state index >= 15 is 0 Å². The molecule has 0 saturated carbocycles. The van der Waals surface area contributed by atoms with Gasteiger partial charge < -0.3 is 20.1 Å². The summed E-state index contributed by atoms with van der Waals surface area (Å²) in [7, 11) is 3.40. The van der Waals surface area contributed by atoms with Crippen LogP contribution in [0.4, 0.5) is 0 Å². The maximum atomic E-state index is 12.8. The van der Waals surface area contributed by atoms with Crippen LogP contribution < -0.4 is 15.4 Å². The molecule has 2 aromatic carbocycles. The third kappa shape index (κ3) is 5.16. The van der Waals surface area contributed by atoms with Gasteiger partial charge in [-0.2, -0.15) is 0 Å². The summed E-state index contributed by atoms with van der Waals surface area (Å²) in [5, 5.41) is 8.78. The summed E-state index contributed by atoms with van der Waals surface area (Å²) in [6, 6.07) is 12.2. The van der Waals surface area contributed by atoms with Crippen LogP contribution in [0.15, 0.2) is 36.4 Å². The Morgan fingerprint density at radius 1 is 1.14 bits per heavy atom. The number of carbonyl (C=O) groups excluding carboxylic acids is 1. The Bertz CT molecular complexity index is 785.